The molecule has 1 aromatic heterocycles. The summed E-state index contributed by atoms with van der Waals surface area (Å²) >= 11 is 5.85. The fraction of sp³-hybridized carbons (Fsp3) is 0.219. The molecule has 2 amide bonds. The molecule has 2 atom stereocenters. The van der Waals surface area contributed by atoms with Crippen molar-refractivity contribution in [3.63, 3.8) is 0 Å². The number of nitrogens with one attached hydrogen (secondary N) is 2. The number of fused-ring (bicyclic) bond motifs is 4. The van der Waals surface area contributed by atoms with Crippen LogP contribution in [0.2, 0.25) is 5.02 Å². The highest BCUT2D eigenvalue weighted by Crippen LogP contribution is 2.38. The molecule has 7 nitrogen and oxygen atoms in total. The lowest BCUT2D eigenvalue weighted by Crippen LogP contribution is -2.34. The Labute approximate surface area is 250 Å². The van der Waals surface area contributed by atoms with Gasteiger partial charge in [-0.05, 0) is 60.9 Å². The van der Waals surface area contributed by atoms with E-state index in [-0.39, 0.29) is 33.4 Å². The molecule has 1 aliphatic rings. The maximum atomic E-state index is 15.4. The number of halogens is 4. The van der Waals surface area contributed by atoms with E-state index in [2.05, 4.69) is 15.4 Å². The predicted molar refractivity (Wildman–Crippen MR) is 157 cm³/mol. The maximum absolute atomic E-state index is 15.4. The van der Waals surface area contributed by atoms with Crippen LogP contribution in [-0.2, 0) is 9.53 Å². The molecule has 2 N–H and O–H groups in total. The number of aromatic nitrogens is 1. The normalized spacial score (nSPS) is 16.7. The number of benzene rings is 3. The minimum atomic E-state index is -0.973. The highest BCUT2D eigenvalue weighted by molar-refractivity contribution is 6.31. The van der Waals surface area contributed by atoms with Crippen LogP contribution >= 0.6 is 11.6 Å². The van der Waals surface area contributed by atoms with E-state index >= 15 is 4.39 Å². The zero-order valence-corrected chi connectivity index (χ0v) is 24.0. The number of rotatable bonds is 3. The molecule has 2 bridgehead atoms. The van der Waals surface area contributed by atoms with E-state index in [1.54, 1.807) is 31.2 Å². The van der Waals surface area contributed by atoms with Crippen molar-refractivity contribution in [2.75, 3.05) is 17.7 Å². The van der Waals surface area contributed by atoms with Crippen LogP contribution in [0.4, 0.5) is 29.3 Å². The zero-order valence-electron chi connectivity index (χ0n) is 23.2. The third-order valence-corrected chi connectivity index (χ3v) is 7.90. The number of carbonyl (C=O) groups is 2. The Kier molecular flexibility index (Phi) is 8.59. The predicted octanol–water partition coefficient (Wildman–Crippen LogP) is 7.79. The van der Waals surface area contributed by atoms with Crippen LogP contribution in [0.1, 0.15) is 43.4 Å². The molecule has 43 heavy (non-hydrogen) atoms. The van der Waals surface area contributed by atoms with Crippen LogP contribution in [0.25, 0.3) is 22.3 Å². The third-order valence-electron chi connectivity index (χ3n) is 7.60. The Morgan fingerprint density at radius 2 is 1.79 bits per heavy atom. The Morgan fingerprint density at radius 1 is 1.02 bits per heavy atom. The van der Waals surface area contributed by atoms with E-state index in [0.717, 1.165) is 18.3 Å². The summed E-state index contributed by atoms with van der Waals surface area (Å²) in [7, 11) is 1.22. The summed E-state index contributed by atoms with van der Waals surface area (Å²) in [6, 6.07) is 14.2. The number of methoxy groups -OCH3 is 1. The van der Waals surface area contributed by atoms with Gasteiger partial charge in [0.05, 0.1) is 34.9 Å². The molecule has 0 radical (unpaired) electrons. The number of anilines is 2. The van der Waals surface area contributed by atoms with Crippen molar-refractivity contribution in [3.8, 4) is 22.3 Å². The van der Waals surface area contributed by atoms with Gasteiger partial charge in [-0.2, -0.15) is 4.73 Å². The highest BCUT2D eigenvalue weighted by atomic mass is 35.5. The third kappa shape index (κ3) is 6.15. The number of ether oxygens (including phenoxy) is 1. The lowest BCUT2D eigenvalue weighted by Gasteiger charge is -2.22. The van der Waals surface area contributed by atoms with E-state index in [1.807, 2.05) is 0 Å². The maximum Gasteiger partial charge on any atom is 0.411 e. The van der Waals surface area contributed by atoms with Crippen molar-refractivity contribution in [3.05, 3.63) is 106 Å². The molecule has 0 fully saturated rings. The first-order valence-corrected chi connectivity index (χ1v) is 13.9. The first-order chi connectivity index (χ1) is 20.6. The van der Waals surface area contributed by atoms with Crippen LogP contribution in [0.3, 0.4) is 0 Å². The molecule has 0 saturated carbocycles. The second-order valence-electron chi connectivity index (χ2n) is 10.4. The van der Waals surface area contributed by atoms with Gasteiger partial charge in [0.15, 0.2) is 17.7 Å². The average Bonchev–Trinajstić information content (AvgIpc) is 2.98. The first kappa shape index (κ1) is 29.9. The molecule has 4 aromatic rings. The van der Waals surface area contributed by atoms with Gasteiger partial charge in [-0.1, -0.05) is 37.1 Å². The van der Waals surface area contributed by atoms with Crippen molar-refractivity contribution in [2.24, 2.45) is 5.92 Å². The van der Waals surface area contributed by atoms with Crippen LogP contribution in [0, 0.1) is 28.6 Å². The van der Waals surface area contributed by atoms with Crippen LogP contribution in [-0.4, -0.2) is 19.1 Å². The smallest absolute Gasteiger partial charge is 0.411 e. The SMILES string of the molecule is COC(=O)Nc1ccc2c(c1)NC(=O)[C@H](C)CCC[C@H](c1ccc(-c3c(F)ccc(Cl)c3F)c[n+]1[O-])c1ccc(F)c-2c1. The number of nitrogens with zero attached hydrogens (tertiary/aromatic N) is 1. The summed E-state index contributed by atoms with van der Waals surface area (Å²) in [4.78, 5) is 24.9. The van der Waals surface area contributed by atoms with Gasteiger partial charge < -0.3 is 15.3 Å². The monoisotopic (exact) mass is 609 g/mol. The van der Waals surface area contributed by atoms with Gasteiger partial charge in [-0.25, -0.2) is 18.0 Å². The van der Waals surface area contributed by atoms with E-state index in [1.165, 1.54) is 31.4 Å². The Morgan fingerprint density at radius 3 is 2.53 bits per heavy atom. The summed E-state index contributed by atoms with van der Waals surface area (Å²) in [5, 5.41) is 18.5. The number of amides is 2. The van der Waals surface area contributed by atoms with Crippen LogP contribution in [0.15, 0.2) is 66.9 Å². The zero-order chi connectivity index (χ0) is 30.8. The summed E-state index contributed by atoms with van der Waals surface area (Å²) in [5.74, 6) is -3.64. The Bertz CT molecular complexity index is 1730. The molecule has 3 aromatic carbocycles. The molecule has 0 aliphatic carbocycles. The fourth-order valence-corrected chi connectivity index (χ4v) is 5.46. The second kappa shape index (κ2) is 12.3. The molecule has 11 heteroatoms. The molecule has 0 spiro atoms. The van der Waals surface area contributed by atoms with E-state index in [9.17, 15) is 23.6 Å². The summed E-state index contributed by atoms with van der Waals surface area (Å²) < 4.78 is 49.8. The van der Waals surface area contributed by atoms with Crippen molar-refractivity contribution in [2.45, 2.75) is 32.1 Å². The van der Waals surface area contributed by atoms with Crippen LogP contribution in [0.5, 0.6) is 0 Å². The summed E-state index contributed by atoms with van der Waals surface area (Å²) in [6.45, 7) is 1.77. The van der Waals surface area contributed by atoms with Gasteiger partial charge in [0.1, 0.15) is 11.6 Å². The molecule has 222 valence electrons. The lowest BCUT2D eigenvalue weighted by molar-refractivity contribution is -0.614. The Hall–Kier alpha value is -4.57. The quantitative estimate of drug-likeness (QED) is 0.141. The standard InChI is InChI=1S/C32H27ClF3N3O4/c1-17-4-3-5-21(28-13-7-19(16-39(28)42)29-26(35)12-10-24(33)30(29)36)18-6-11-25(34)23(14-18)22-9-8-20(37-32(41)43-2)15-27(22)38-31(17)40/h6-17,21H,3-5H2,1-2H3,(H,37,41)(H,38,40)/t17-,21+/m1/s1. The van der Waals surface area contributed by atoms with Crippen molar-refractivity contribution in [1.82, 2.24) is 0 Å². The molecule has 2 heterocycles. The van der Waals surface area contributed by atoms with Gasteiger partial charge in [0, 0.05) is 28.8 Å². The van der Waals surface area contributed by atoms with E-state index < -0.39 is 40.9 Å². The van der Waals surface area contributed by atoms with Crippen molar-refractivity contribution >= 4 is 35.0 Å². The van der Waals surface area contributed by atoms with Gasteiger partial charge in [0.2, 0.25) is 5.91 Å². The number of hydrogen-bond acceptors (Lipinski definition) is 4. The molecule has 0 saturated heterocycles. The molecular formula is C32H27ClF3N3O4. The van der Waals surface area contributed by atoms with Gasteiger partial charge in [0.25, 0.3) is 0 Å². The molecule has 5 rings (SSSR count). The summed E-state index contributed by atoms with van der Waals surface area (Å²) in [6.07, 6.45) is 1.86. The summed E-state index contributed by atoms with van der Waals surface area (Å²) in [5.41, 5.74) is 1.68. The highest BCUT2D eigenvalue weighted by Gasteiger charge is 2.27. The minimum Gasteiger partial charge on any atom is -0.618 e. The minimum absolute atomic E-state index is 0.0137. The topological polar surface area (TPSA) is 94.4 Å². The van der Waals surface area contributed by atoms with Gasteiger partial charge in [-0.3, -0.25) is 10.1 Å². The Balaban J connectivity index is 1.62. The first-order valence-electron chi connectivity index (χ1n) is 13.5. The lowest BCUT2D eigenvalue weighted by atomic mass is 9.86. The van der Waals surface area contributed by atoms with Crippen LogP contribution < -0.4 is 15.4 Å². The number of hydrogen-bond donors (Lipinski definition) is 2. The van der Waals surface area contributed by atoms with Crippen molar-refractivity contribution in [1.29, 1.82) is 0 Å². The number of carbonyl (C=O) groups excluding carboxylic acids is 2. The molecule has 0 unspecified atom stereocenters. The van der Waals surface area contributed by atoms with E-state index in [0.29, 0.717) is 40.8 Å². The second-order valence-corrected chi connectivity index (χ2v) is 10.8. The number of pyridine rings is 1. The largest absolute Gasteiger partial charge is 0.618 e. The molecular weight excluding hydrogens is 583 g/mol. The van der Waals surface area contributed by atoms with Gasteiger partial charge >= 0.3 is 6.09 Å². The average molecular weight is 610 g/mol. The van der Waals surface area contributed by atoms with Crippen molar-refractivity contribution < 1.29 is 32.2 Å². The molecule has 1 aliphatic heterocycles. The van der Waals surface area contributed by atoms with Gasteiger partial charge in [-0.15, -0.1) is 0 Å². The van der Waals surface area contributed by atoms with E-state index in [4.69, 9.17) is 11.6 Å². The fourth-order valence-electron chi connectivity index (χ4n) is 5.30.